The molecule has 1 heterocycles. The first-order valence-corrected chi connectivity index (χ1v) is 5.11. The van der Waals surface area contributed by atoms with E-state index in [1.54, 1.807) is 4.90 Å². The van der Waals surface area contributed by atoms with Gasteiger partial charge in [-0.1, -0.05) is 0 Å². The Balaban J connectivity index is 2.05. The lowest BCUT2D eigenvalue weighted by Gasteiger charge is -2.15. The van der Waals surface area contributed by atoms with Gasteiger partial charge >= 0.3 is 0 Å². The van der Waals surface area contributed by atoms with Crippen molar-refractivity contribution in [2.24, 2.45) is 0 Å². The molecule has 0 saturated carbocycles. The Hall–Kier alpha value is -0.940. The molecule has 0 aromatic carbocycles. The number of carbonyl (C=O) groups is 2. The lowest BCUT2D eigenvalue weighted by atomic mass is 10.3. The molecule has 0 aliphatic carbocycles. The lowest BCUT2D eigenvalue weighted by Crippen LogP contribution is -2.30. The SMILES string of the molecule is CN(C)CCOCCN1CC(=O)CC1=O. The fourth-order valence-electron chi connectivity index (χ4n) is 1.37. The van der Waals surface area contributed by atoms with Crippen molar-refractivity contribution in [3.63, 3.8) is 0 Å². The number of hydrogen-bond acceptors (Lipinski definition) is 4. The second kappa shape index (κ2) is 5.82. The molecule has 1 saturated heterocycles. The molecule has 1 amide bonds. The second-order valence-corrected chi connectivity index (χ2v) is 3.95. The molecule has 0 unspecified atom stereocenters. The van der Waals surface area contributed by atoms with E-state index < -0.39 is 0 Å². The van der Waals surface area contributed by atoms with Crippen LogP contribution in [0.4, 0.5) is 0 Å². The number of likely N-dealkylation sites (tertiary alicyclic amines) is 1. The van der Waals surface area contributed by atoms with Gasteiger partial charge in [0.25, 0.3) is 0 Å². The molecule has 0 bridgehead atoms. The first-order chi connectivity index (χ1) is 7.09. The summed E-state index contributed by atoms with van der Waals surface area (Å²) in [5, 5.41) is 0. The Morgan fingerprint density at radius 3 is 2.60 bits per heavy atom. The minimum atomic E-state index is -0.0730. The summed E-state index contributed by atoms with van der Waals surface area (Å²) >= 11 is 0. The largest absolute Gasteiger partial charge is 0.378 e. The average Bonchev–Trinajstić information content (AvgIpc) is 2.44. The maximum atomic E-state index is 11.2. The summed E-state index contributed by atoms with van der Waals surface area (Å²) in [7, 11) is 3.96. The molecule has 15 heavy (non-hydrogen) atoms. The predicted molar refractivity (Wildman–Crippen MR) is 55.6 cm³/mol. The van der Waals surface area contributed by atoms with Gasteiger partial charge in [0.1, 0.15) is 0 Å². The Morgan fingerprint density at radius 2 is 2.07 bits per heavy atom. The molecular weight excluding hydrogens is 196 g/mol. The highest BCUT2D eigenvalue weighted by molar-refractivity contribution is 6.05. The summed E-state index contributed by atoms with van der Waals surface area (Å²) in [6.45, 7) is 2.82. The van der Waals surface area contributed by atoms with Crippen molar-refractivity contribution in [3.05, 3.63) is 0 Å². The number of rotatable bonds is 6. The van der Waals surface area contributed by atoms with Crippen LogP contribution in [-0.2, 0) is 14.3 Å². The number of hydrogen-bond donors (Lipinski definition) is 0. The Bertz CT molecular complexity index is 241. The van der Waals surface area contributed by atoms with Crippen molar-refractivity contribution < 1.29 is 14.3 Å². The highest BCUT2D eigenvalue weighted by Crippen LogP contribution is 2.05. The van der Waals surface area contributed by atoms with Crippen LogP contribution in [0.25, 0.3) is 0 Å². The topological polar surface area (TPSA) is 49.9 Å². The third kappa shape index (κ3) is 4.40. The molecule has 1 rings (SSSR count). The zero-order chi connectivity index (χ0) is 11.3. The van der Waals surface area contributed by atoms with Crippen LogP contribution in [0.5, 0.6) is 0 Å². The van der Waals surface area contributed by atoms with Gasteiger partial charge in [-0.25, -0.2) is 0 Å². The fourth-order valence-corrected chi connectivity index (χ4v) is 1.37. The predicted octanol–water partition coefficient (Wildman–Crippen LogP) is -0.634. The van der Waals surface area contributed by atoms with Crippen molar-refractivity contribution in [2.75, 3.05) is 46.9 Å². The Morgan fingerprint density at radius 1 is 1.33 bits per heavy atom. The van der Waals surface area contributed by atoms with Crippen LogP contribution in [0.15, 0.2) is 0 Å². The number of ether oxygens (including phenoxy) is 1. The van der Waals surface area contributed by atoms with Gasteiger partial charge in [0.2, 0.25) is 5.91 Å². The molecular formula is C10H18N2O3. The van der Waals surface area contributed by atoms with Crippen LogP contribution >= 0.6 is 0 Å². The van der Waals surface area contributed by atoms with E-state index in [2.05, 4.69) is 0 Å². The van der Waals surface area contributed by atoms with Crippen LogP contribution in [-0.4, -0.2) is 68.4 Å². The van der Waals surface area contributed by atoms with Gasteiger partial charge in [-0.2, -0.15) is 0 Å². The van der Waals surface area contributed by atoms with Crippen LogP contribution in [0, 0.1) is 0 Å². The van der Waals surface area contributed by atoms with Gasteiger partial charge < -0.3 is 14.5 Å². The van der Waals surface area contributed by atoms with E-state index in [9.17, 15) is 9.59 Å². The summed E-state index contributed by atoms with van der Waals surface area (Å²) in [4.78, 5) is 25.7. The highest BCUT2D eigenvalue weighted by atomic mass is 16.5. The Kier molecular flexibility index (Phi) is 4.71. The normalized spacial score (nSPS) is 16.9. The number of amides is 1. The summed E-state index contributed by atoms with van der Waals surface area (Å²) in [5.41, 5.74) is 0. The summed E-state index contributed by atoms with van der Waals surface area (Å²) in [6, 6.07) is 0. The smallest absolute Gasteiger partial charge is 0.230 e. The molecule has 5 nitrogen and oxygen atoms in total. The van der Waals surface area contributed by atoms with Crippen molar-refractivity contribution >= 4 is 11.7 Å². The molecule has 0 atom stereocenters. The number of Topliss-reactive ketones (excluding diaryl/α,β-unsaturated/α-hetero) is 1. The van der Waals surface area contributed by atoms with Gasteiger partial charge in [-0.05, 0) is 14.1 Å². The standard InChI is InChI=1S/C10H18N2O3/c1-11(2)3-5-15-6-4-12-8-9(13)7-10(12)14/h3-8H2,1-2H3. The summed E-state index contributed by atoms with van der Waals surface area (Å²) in [6.07, 6.45) is 0.0672. The Labute approximate surface area is 90.0 Å². The number of likely N-dealkylation sites (N-methyl/N-ethyl adjacent to an activating group) is 1. The van der Waals surface area contributed by atoms with E-state index in [1.165, 1.54) is 0 Å². The van der Waals surface area contributed by atoms with Crippen LogP contribution in [0.3, 0.4) is 0 Å². The molecule has 0 aromatic heterocycles. The zero-order valence-corrected chi connectivity index (χ0v) is 9.36. The minimum Gasteiger partial charge on any atom is -0.378 e. The fraction of sp³-hybridized carbons (Fsp3) is 0.800. The van der Waals surface area contributed by atoms with Crippen LogP contribution < -0.4 is 0 Å². The molecule has 1 aliphatic rings. The number of nitrogens with zero attached hydrogens (tertiary/aromatic N) is 2. The molecule has 1 aliphatic heterocycles. The molecule has 0 N–H and O–H groups in total. The molecule has 0 spiro atoms. The van der Waals surface area contributed by atoms with E-state index in [-0.39, 0.29) is 24.7 Å². The summed E-state index contributed by atoms with van der Waals surface area (Å²) < 4.78 is 5.34. The van der Waals surface area contributed by atoms with Crippen molar-refractivity contribution in [1.82, 2.24) is 9.80 Å². The molecule has 86 valence electrons. The van der Waals surface area contributed by atoms with E-state index in [4.69, 9.17) is 4.74 Å². The second-order valence-electron chi connectivity index (χ2n) is 3.95. The lowest BCUT2D eigenvalue weighted by molar-refractivity contribution is -0.128. The van der Waals surface area contributed by atoms with E-state index >= 15 is 0 Å². The monoisotopic (exact) mass is 214 g/mol. The molecule has 0 radical (unpaired) electrons. The van der Waals surface area contributed by atoms with E-state index in [1.807, 2.05) is 19.0 Å². The average molecular weight is 214 g/mol. The summed E-state index contributed by atoms with van der Waals surface area (Å²) in [5.74, 6) is -0.0653. The van der Waals surface area contributed by atoms with Gasteiger partial charge in [0.15, 0.2) is 5.78 Å². The highest BCUT2D eigenvalue weighted by Gasteiger charge is 2.26. The van der Waals surface area contributed by atoms with Crippen molar-refractivity contribution in [1.29, 1.82) is 0 Å². The van der Waals surface area contributed by atoms with Crippen molar-refractivity contribution in [3.8, 4) is 0 Å². The van der Waals surface area contributed by atoms with Crippen molar-refractivity contribution in [2.45, 2.75) is 6.42 Å². The van der Waals surface area contributed by atoms with Crippen LogP contribution in [0.2, 0.25) is 0 Å². The zero-order valence-electron chi connectivity index (χ0n) is 9.36. The first kappa shape index (κ1) is 12.1. The van der Waals surface area contributed by atoms with Crippen LogP contribution in [0.1, 0.15) is 6.42 Å². The minimum absolute atomic E-state index is 0.00768. The van der Waals surface area contributed by atoms with Gasteiger partial charge in [-0.15, -0.1) is 0 Å². The first-order valence-electron chi connectivity index (χ1n) is 5.11. The molecule has 0 aromatic rings. The third-order valence-electron chi connectivity index (χ3n) is 2.26. The quantitative estimate of drug-likeness (QED) is 0.436. The maximum absolute atomic E-state index is 11.2. The van der Waals surface area contributed by atoms with E-state index in [0.29, 0.717) is 19.8 Å². The number of carbonyl (C=O) groups excluding carboxylic acids is 2. The maximum Gasteiger partial charge on any atom is 0.230 e. The third-order valence-corrected chi connectivity index (χ3v) is 2.26. The molecule has 5 heteroatoms. The van der Waals surface area contributed by atoms with Gasteiger partial charge in [-0.3, -0.25) is 9.59 Å². The van der Waals surface area contributed by atoms with Gasteiger partial charge in [0, 0.05) is 13.1 Å². The van der Waals surface area contributed by atoms with E-state index in [0.717, 1.165) is 6.54 Å². The molecule has 1 fully saturated rings. The number of ketones is 1. The van der Waals surface area contributed by atoms with Gasteiger partial charge in [0.05, 0.1) is 26.2 Å².